The fourth-order valence-corrected chi connectivity index (χ4v) is 4.14. The van der Waals surface area contributed by atoms with E-state index in [1.165, 1.54) is 5.56 Å². The Kier molecular flexibility index (Phi) is 3.56. The highest BCUT2D eigenvalue weighted by molar-refractivity contribution is 5.83. The summed E-state index contributed by atoms with van der Waals surface area (Å²) in [6.45, 7) is 2.85. The molecule has 3 nitrogen and oxygen atoms in total. The van der Waals surface area contributed by atoms with Crippen LogP contribution in [0.5, 0.6) is 0 Å². The zero-order valence-electron chi connectivity index (χ0n) is 13.3. The standard InChI is InChI=1S/C20H21NO2/c1-14-6-5-9-17-18(14)20(22)21(12-15-7-3-2-4-8-15)19(17)16-10-11-23-13-16/h2-5,7-11,13-14,17-19H,6,12H2,1H3/t14-,17+,18+,19+/m1/s1. The minimum Gasteiger partial charge on any atom is -0.472 e. The third-order valence-electron chi connectivity index (χ3n) is 5.24. The van der Waals surface area contributed by atoms with E-state index in [-0.39, 0.29) is 23.8 Å². The number of carbonyl (C=O) groups excluding carboxylic acids is 1. The molecule has 4 atom stereocenters. The number of hydrogen-bond acceptors (Lipinski definition) is 2. The summed E-state index contributed by atoms with van der Waals surface area (Å²) >= 11 is 0. The van der Waals surface area contributed by atoms with Gasteiger partial charge in [0.1, 0.15) is 0 Å². The Labute approximate surface area is 136 Å². The Balaban J connectivity index is 1.73. The van der Waals surface area contributed by atoms with Crippen molar-refractivity contribution in [1.82, 2.24) is 4.90 Å². The number of nitrogens with zero attached hydrogens (tertiary/aromatic N) is 1. The molecular formula is C20H21NO2. The van der Waals surface area contributed by atoms with Gasteiger partial charge in [-0.15, -0.1) is 0 Å². The summed E-state index contributed by atoms with van der Waals surface area (Å²) in [6.07, 6.45) is 8.95. The zero-order chi connectivity index (χ0) is 15.8. The van der Waals surface area contributed by atoms with Gasteiger partial charge in [-0.3, -0.25) is 4.79 Å². The molecule has 2 aliphatic rings. The Morgan fingerprint density at radius 3 is 2.78 bits per heavy atom. The SMILES string of the molecule is C[C@@H]1CC=C[C@H]2[C@H]1C(=O)N(Cc1ccccc1)[C@H]2c1ccoc1. The molecule has 1 saturated heterocycles. The van der Waals surface area contributed by atoms with E-state index in [2.05, 4.69) is 31.2 Å². The number of allylic oxidation sites excluding steroid dienone is 1. The van der Waals surface area contributed by atoms with Gasteiger partial charge in [0, 0.05) is 23.9 Å². The molecular weight excluding hydrogens is 286 g/mol. The molecule has 118 valence electrons. The minimum absolute atomic E-state index is 0.0745. The molecule has 1 aliphatic heterocycles. The normalized spacial score (nSPS) is 29.8. The first-order chi connectivity index (χ1) is 11.3. The second-order valence-electron chi connectivity index (χ2n) is 6.70. The smallest absolute Gasteiger partial charge is 0.227 e. The number of fused-ring (bicyclic) bond motifs is 1. The average Bonchev–Trinajstić information content (AvgIpc) is 3.17. The summed E-state index contributed by atoms with van der Waals surface area (Å²) in [5, 5.41) is 0. The lowest BCUT2D eigenvalue weighted by atomic mass is 9.75. The van der Waals surface area contributed by atoms with Crippen LogP contribution in [0, 0.1) is 17.8 Å². The van der Waals surface area contributed by atoms with Crippen LogP contribution in [0.4, 0.5) is 0 Å². The highest BCUT2D eigenvalue weighted by Gasteiger charge is 2.50. The first-order valence-electron chi connectivity index (χ1n) is 8.29. The van der Waals surface area contributed by atoms with Crippen LogP contribution >= 0.6 is 0 Å². The molecule has 1 fully saturated rings. The molecule has 1 aromatic heterocycles. The molecule has 0 unspecified atom stereocenters. The Hall–Kier alpha value is -2.29. The summed E-state index contributed by atoms with van der Waals surface area (Å²) in [5.74, 6) is 1.01. The highest BCUT2D eigenvalue weighted by Crippen LogP contribution is 2.48. The molecule has 1 aromatic carbocycles. The van der Waals surface area contributed by atoms with E-state index in [4.69, 9.17) is 4.42 Å². The second-order valence-corrected chi connectivity index (χ2v) is 6.70. The molecule has 4 rings (SSSR count). The number of hydrogen-bond donors (Lipinski definition) is 0. The zero-order valence-corrected chi connectivity index (χ0v) is 13.3. The Morgan fingerprint density at radius 2 is 2.04 bits per heavy atom. The fraction of sp³-hybridized carbons (Fsp3) is 0.350. The van der Waals surface area contributed by atoms with Crippen LogP contribution in [-0.4, -0.2) is 10.8 Å². The molecule has 1 aliphatic carbocycles. The predicted molar refractivity (Wildman–Crippen MR) is 88.3 cm³/mol. The summed E-state index contributed by atoms with van der Waals surface area (Å²) in [4.78, 5) is 15.2. The monoisotopic (exact) mass is 307 g/mol. The molecule has 1 amide bonds. The van der Waals surface area contributed by atoms with Crippen molar-refractivity contribution < 1.29 is 9.21 Å². The molecule has 2 heterocycles. The lowest BCUT2D eigenvalue weighted by Crippen LogP contribution is -2.30. The summed E-state index contributed by atoms with van der Waals surface area (Å²) in [7, 11) is 0. The predicted octanol–water partition coefficient (Wildman–Crippen LogP) is 4.19. The van der Waals surface area contributed by atoms with Crippen molar-refractivity contribution in [2.75, 3.05) is 0 Å². The first kappa shape index (κ1) is 14.3. The lowest BCUT2D eigenvalue weighted by molar-refractivity contribution is -0.134. The summed E-state index contributed by atoms with van der Waals surface area (Å²) in [5.41, 5.74) is 2.27. The van der Waals surface area contributed by atoms with Crippen molar-refractivity contribution in [3.8, 4) is 0 Å². The highest BCUT2D eigenvalue weighted by atomic mass is 16.3. The molecule has 0 saturated carbocycles. The van der Waals surface area contributed by atoms with Crippen LogP contribution in [0.15, 0.2) is 65.5 Å². The number of rotatable bonds is 3. The summed E-state index contributed by atoms with van der Waals surface area (Å²) in [6, 6.07) is 12.3. The third-order valence-corrected chi connectivity index (χ3v) is 5.24. The first-order valence-corrected chi connectivity index (χ1v) is 8.29. The lowest BCUT2D eigenvalue weighted by Gasteiger charge is -2.28. The van der Waals surface area contributed by atoms with Gasteiger partial charge in [-0.2, -0.15) is 0 Å². The molecule has 0 bridgehead atoms. The van der Waals surface area contributed by atoms with Crippen molar-refractivity contribution >= 4 is 5.91 Å². The molecule has 23 heavy (non-hydrogen) atoms. The van der Waals surface area contributed by atoms with Crippen LogP contribution in [0.3, 0.4) is 0 Å². The third kappa shape index (κ3) is 2.40. The molecule has 0 radical (unpaired) electrons. The molecule has 3 heteroatoms. The Morgan fingerprint density at radius 1 is 1.22 bits per heavy atom. The largest absolute Gasteiger partial charge is 0.472 e. The van der Waals surface area contributed by atoms with Crippen molar-refractivity contribution in [2.45, 2.75) is 25.9 Å². The van der Waals surface area contributed by atoms with E-state index in [1.807, 2.05) is 29.2 Å². The van der Waals surface area contributed by atoms with Crippen molar-refractivity contribution in [3.05, 3.63) is 72.2 Å². The maximum Gasteiger partial charge on any atom is 0.227 e. The van der Waals surface area contributed by atoms with Gasteiger partial charge >= 0.3 is 0 Å². The number of carbonyl (C=O) groups is 1. The van der Waals surface area contributed by atoms with Crippen LogP contribution in [0.2, 0.25) is 0 Å². The summed E-state index contributed by atoms with van der Waals surface area (Å²) < 4.78 is 5.31. The number of benzene rings is 1. The van der Waals surface area contributed by atoms with E-state index < -0.39 is 0 Å². The van der Waals surface area contributed by atoms with Gasteiger partial charge < -0.3 is 9.32 Å². The fourth-order valence-electron chi connectivity index (χ4n) is 4.14. The van der Waals surface area contributed by atoms with Gasteiger partial charge in [-0.05, 0) is 24.0 Å². The topological polar surface area (TPSA) is 33.5 Å². The maximum atomic E-state index is 13.1. The second kappa shape index (κ2) is 5.73. The van der Waals surface area contributed by atoms with Crippen molar-refractivity contribution in [1.29, 1.82) is 0 Å². The molecule has 0 N–H and O–H groups in total. The van der Waals surface area contributed by atoms with Gasteiger partial charge in [0.15, 0.2) is 0 Å². The van der Waals surface area contributed by atoms with E-state index in [1.54, 1.807) is 12.5 Å². The van der Waals surface area contributed by atoms with E-state index in [0.717, 1.165) is 12.0 Å². The number of amides is 1. The van der Waals surface area contributed by atoms with Gasteiger partial charge in [0.2, 0.25) is 5.91 Å². The van der Waals surface area contributed by atoms with Crippen molar-refractivity contribution in [2.24, 2.45) is 17.8 Å². The minimum atomic E-state index is 0.0745. The average molecular weight is 307 g/mol. The molecule has 2 aromatic rings. The van der Waals surface area contributed by atoms with Crippen LogP contribution < -0.4 is 0 Å². The maximum absolute atomic E-state index is 13.1. The van der Waals surface area contributed by atoms with Gasteiger partial charge in [-0.1, -0.05) is 49.4 Å². The number of furan rings is 1. The van der Waals surface area contributed by atoms with Crippen molar-refractivity contribution in [3.63, 3.8) is 0 Å². The van der Waals surface area contributed by atoms with Crippen LogP contribution in [-0.2, 0) is 11.3 Å². The van der Waals surface area contributed by atoms with Gasteiger partial charge in [-0.25, -0.2) is 0 Å². The Bertz CT molecular complexity index is 705. The van der Waals surface area contributed by atoms with Crippen LogP contribution in [0.25, 0.3) is 0 Å². The van der Waals surface area contributed by atoms with E-state index in [9.17, 15) is 4.79 Å². The number of likely N-dealkylation sites (tertiary alicyclic amines) is 1. The quantitative estimate of drug-likeness (QED) is 0.797. The van der Waals surface area contributed by atoms with E-state index in [0.29, 0.717) is 12.5 Å². The molecule has 0 spiro atoms. The van der Waals surface area contributed by atoms with Crippen LogP contribution in [0.1, 0.15) is 30.5 Å². The van der Waals surface area contributed by atoms with Gasteiger partial charge in [0.05, 0.1) is 18.6 Å². The van der Waals surface area contributed by atoms with E-state index >= 15 is 0 Å². The van der Waals surface area contributed by atoms with Gasteiger partial charge in [0.25, 0.3) is 0 Å².